The van der Waals surface area contributed by atoms with Gasteiger partial charge in [-0.05, 0) is 43.3 Å². The Kier molecular flexibility index (Phi) is 5.27. The number of nitrogens with one attached hydrogen (secondary N) is 2. The van der Waals surface area contributed by atoms with Crippen molar-refractivity contribution in [2.75, 3.05) is 17.7 Å². The predicted molar refractivity (Wildman–Crippen MR) is 124 cm³/mol. The van der Waals surface area contributed by atoms with Crippen molar-refractivity contribution in [1.82, 2.24) is 24.7 Å². The molecule has 0 bridgehead atoms. The second-order valence-electron chi connectivity index (χ2n) is 7.42. The smallest absolute Gasteiger partial charge is 0.255 e. The van der Waals surface area contributed by atoms with E-state index in [9.17, 15) is 4.79 Å². The number of anilines is 2. The molecular weight excluding hydrogens is 418 g/mol. The minimum Gasteiger partial charge on any atom is -0.496 e. The van der Waals surface area contributed by atoms with Gasteiger partial charge in [0.05, 0.1) is 35.8 Å². The van der Waals surface area contributed by atoms with E-state index in [4.69, 9.17) is 14.8 Å². The zero-order valence-corrected chi connectivity index (χ0v) is 18.1. The number of fused-ring (bicyclic) bond motifs is 1. The Hall–Kier alpha value is -4.53. The number of ether oxygens (including phenoxy) is 1. The monoisotopic (exact) mass is 439 g/mol. The van der Waals surface area contributed by atoms with Gasteiger partial charge in [0.2, 0.25) is 5.95 Å². The summed E-state index contributed by atoms with van der Waals surface area (Å²) in [6.45, 7) is 1.84. The molecule has 1 aliphatic rings. The first-order chi connectivity index (χ1) is 16.2. The molecule has 9 heteroatoms. The summed E-state index contributed by atoms with van der Waals surface area (Å²) in [5.41, 5.74) is 3.18. The molecule has 1 aromatic carbocycles. The van der Waals surface area contributed by atoms with Crippen molar-refractivity contribution in [3.63, 3.8) is 0 Å². The van der Waals surface area contributed by atoms with Crippen molar-refractivity contribution in [3.05, 3.63) is 90.2 Å². The van der Waals surface area contributed by atoms with Crippen LogP contribution in [0.1, 0.15) is 18.7 Å². The molecule has 0 saturated carbocycles. The summed E-state index contributed by atoms with van der Waals surface area (Å²) in [5, 5.41) is 10.9. The maximum absolute atomic E-state index is 13.4. The number of carbonyl (C=O) groups is 1. The lowest BCUT2D eigenvalue weighted by Gasteiger charge is -2.27. The van der Waals surface area contributed by atoms with Gasteiger partial charge in [-0.3, -0.25) is 14.8 Å². The fraction of sp³-hybridized carbons (Fsp3) is 0.125. The van der Waals surface area contributed by atoms with E-state index in [0.717, 1.165) is 5.56 Å². The highest BCUT2D eigenvalue weighted by Gasteiger charge is 2.35. The third-order valence-electron chi connectivity index (χ3n) is 5.33. The number of benzene rings is 1. The zero-order valence-electron chi connectivity index (χ0n) is 18.1. The van der Waals surface area contributed by atoms with E-state index >= 15 is 0 Å². The molecule has 1 atom stereocenters. The summed E-state index contributed by atoms with van der Waals surface area (Å²) in [6, 6.07) is 16.1. The number of hydrogen-bond acceptors (Lipinski definition) is 7. The number of carbonyl (C=O) groups excluding carboxylic acids is 1. The Morgan fingerprint density at radius 2 is 1.94 bits per heavy atom. The largest absolute Gasteiger partial charge is 0.496 e. The van der Waals surface area contributed by atoms with Gasteiger partial charge in [0.1, 0.15) is 11.8 Å². The van der Waals surface area contributed by atoms with Crippen LogP contribution in [0.25, 0.3) is 11.4 Å². The number of methoxy groups -OCH3 is 1. The van der Waals surface area contributed by atoms with Crippen LogP contribution in [-0.4, -0.2) is 37.7 Å². The van der Waals surface area contributed by atoms with E-state index in [1.165, 1.54) is 0 Å². The van der Waals surface area contributed by atoms with Gasteiger partial charge in [0.25, 0.3) is 5.91 Å². The molecule has 4 heterocycles. The molecule has 33 heavy (non-hydrogen) atoms. The lowest BCUT2D eigenvalue weighted by Crippen LogP contribution is -2.32. The van der Waals surface area contributed by atoms with Crippen LogP contribution in [0.2, 0.25) is 0 Å². The van der Waals surface area contributed by atoms with Crippen LogP contribution >= 0.6 is 0 Å². The number of nitrogens with zero attached hydrogens (tertiary/aromatic N) is 5. The Morgan fingerprint density at radius 3 is 2.70 bits per heavy atom. The maximum Gasteiger partial charge on any atom is 0.255 e. The Morgan fingerprint density at radius 1 is 1.09 bits per heavy atom. The summed E-state index contributed by atoms with van der Waals surface area (Å²) in [4.78, 5) is 26.7. The summed E-state index contributed by atoms with van der Waals surface area (Å²) in [5.74, 6) is 1.39. The van der Waals surface area contributed by atoms with Crippen molar-refractivity contribution in [3.8, 4) is 17.1 Å². The van der Waals surface area contributed by atoms with Gasteiger partial charge in [-0.25, -0.2) is 4.68 Å². The van der Waals surface area contributed by atoms with E-state index < -0.39 is 6.04 Å². The second kappa shape index (κ2) is 8.54. The van der Waals surface area contributed by atoms with Crippen molar-refractivity contribution in [2.24, 2.45) is 0 Å². The van der Waals surface area contributed by atoms with E-state index in [1.54, 1.807) is 42.5 Å². The van der Waals surface area contributed by atoms with Gasteiger partial charge in [-0.15, -0.1) is 5.10 Å². The molecule has 0 unspecified atom stereocenters. The predicted octanol–water partition coefficient (Wildman–Crippen LogP) is 3.67. The molecule has 0 saturated heterocycles. The molecular formula is C24H21N7O2. The lowest BCUT2D eigenvalue weighted by molar-refractivity contribution is -0.113. The SMILES string of the molecule is COc1ccccc1-c1nc2n(n1)[C@@H](c1ccccn1)C(C(=O)Nc1cccnc1)=C(C)N2. The zero-order chi connectivity index (χ0) is 22.8. The molecule has 2 N–H and O–H groups in total. The van der Waals surface area contributed by atoms with E-state index in [0.29, 0.717) is 40.2 Å². The third-order valence-corrected chi connectivity index (χ3v) is 5.33. The number of pyridine rings is 2. The first-order valence-electron chi connectivity index (χ1n) is 10.4. The topological polar surface area (TPSA) is 107 Å². The summed E-state index contributed by atoms with van der Waals surface area (Å²) < 4.78 is 7.18. The molecule has 0 spiro atoms. The van der Waals surface area contributed by atoms with E-state index in [2.05, 4.69) is 20.6 Å². The fourth-order valence-electron chi connectivity index (χ4n) is 3.83. The summed E-state index contributed by atoms with van der Waals surface area (Å²) in [7, 11) is 1.61. The summed E-state index contributed by atoms with van der Waals surface area (Å²) in [6.07, 6.45) is 4.95. The van der Waals surface area contributed by atoms with Crippen molar-refractivity contribution >= 4 is 17.5 Å². The number of aromatic nitrogens is 5. The van der Waals surface area contributed by atoms with Gasteiger partial charge in [-0.2, -0.15) is 4.98 Å². The highest BCUT2D eigenvalue weighted by atomic mass is 16.5. The van der Waals surface area contributed by atoms with E-state index in [-0.39, 0.29) is 5.91 Å². The van der Waals surface area contributed by atoms with Gasteiger partial charge >= 0.3 is 0 Å². The Bertz CT molecular complexity index is 1330. The van der Waals surface area contributed by atoms with Crippen LogP contribution in [0.5, 0.6) is 5.75 Å². The van der Waals surface area contributed by atoms with Crippen LogP contribution in [-0.2, 0) is 4.79 Å². The molecule has 3 aromatic heterocycles. The number of amides is 1. The molecule has 0 aliphatic carbocycles. The number of allylic oxidation sites excluding steroid dienone is 1. The van der Waals surface area contributed by atoms with E-state index in [1.807, 2.05) is 49.4 Å². The van der Waals surface area contributed by atoms with Gasteiger partial charge < -0.3 is 15.4 Å². The highest BCUT2D eigenvalue weighted by molar-refractivity contribution is 6.05. The van der Waals surface area contributed by atoms with Crippen molar-refractivity contribution in [2.45, 2.75) is 13.0 Å². The third kappa shape index (κ3) is 3.80. The highest BCUT2D eigenvalue weighted by Crippen LogP contribution is 2.37. The molecule has 4 aromatic rings. The second-order valence-corrected chi connectivity index (χ2v) is 7.42. The number of hydrogen-bond donors (Lipinski definition) is 2. The van der Waals surface area contributed by atoms with Crippen LogP contribution in [0, 0.1) is 0 Å². The molecule has 5 rings (SSSR count). The van der Waals surface area contributed by atoms with Crippen LogP contribution < -0.4 is 15.4 Å². The molecule has 0 radical (unpaired) electrons. The lowest BCUT2D eigenvalue weighted by atomic mass is 9.98. The van der Waals surface area contributed by atoms with Gasteiger partial charge in [0.15, 0.2) is 5.82 Å². The average molecular weight is 439 g/mol. The minimum absolute atomic E-state index is 0.274. The first-order valence-corrected chi connectivity index (χ1v) is 10.4. The minimum atomic E-state index is -0.574. The molecule has 164 valence electrons. The Labute approximate surface area is 190 Å². The standard InChI is InChI=1S/C24H21N7O2/c1-15-20(23(32)28-16-8-7-12-25-14-16)21(18-10-5-6-13-26-18)31-24(27-15)29-22(30-31)17-9-3-4-11-19(17)33-2/h3-14,21H,1-2H3,(H,28,32)(H,27,29,30)/t21-/m0/s1. The average Bonchev–Trinajstić information content (AvgIpc) is 3.27. The molecule has 1 amide bonds. The fourth-order valence-corrected chi connectivity index (χ4v) is 3.83. The van der Waals surface area contributed by atoms with Crippen LogP contribution in [0.4, 0.5) is 11.6 Å². The van der Waals surface area contributed by atoms with Crippen LogP contribution in [0.15, 0.2) is 84.5 Å². The van der Waals surface area contributed by atoms with Gasteiger partial charge in [-0.1, -0.05) is 18.2 Å². The van der Waals surface area contributed by atoms with Crippen molar-refractivity contribution < 1.29 is 9.53 Å². The van der Waals surface area contributed by atoms with Crippen molar-refractivity contribution in [1.29, 1.82) is 0 Å². The summed E-state index contributed by atoms with van der Waals surface area (Å²) >= 11 is 0. The van der Waals surface area contributed by atoms with Gasteiger partial charge in [0, 0.05) is 18.1 Å². The number of para-hydroxylation sites is 1. The molecule has 9 nitrogen and oxygen atoms in total. The first kappa shape index (κ1) is 20.4. The maximum atomic E-state index is 13.4. The normalized spacial score (nSPS) is 14.9. The Balaban J connectivity index is 1.61. The molecule has 1 aliphatic heterocycles. The number of rotatable bonds is 5. The quantitative estimate of drug-likeness (QED) is 0.489. The molecule has 0 fully saturated rings. The van der Waals surface area contributed by atoms with Crippen LogP contribution in [0.3, 0.4) is 0 Å².